The van der Waals surface area contributed by atoms with Crippen molar-refractivity contribution in [1.29, 1.82) is 0 Å². The molecule has 0 aromatic heterocycles. The highest BCUT2D eigenvalue weighted by atomic mass is 19.1. The van der Waals surface area contributed by atoms with Crippen LogP contribution in [0.3, 0.4) is 0 Å². The molecule has 0 atom stereocenters. The Kier molecular flexibility index (Phi) is 6.68. The summed E-state index contributed by atoms with van der Waals surface area (Å²) in [4.78, 5) is 44.2. The Morgan fingerprint density at radius 3 is 2.06 bits per heavy atom. The number of carbonyl (C=O) groups is 3. The maximum Gasteiger partial charge on any atom is 0.254 e. The van der Waals surface area contributed by atoms with Gasteiger partial charge < -0.3 is 25.3 Å². The Bertz CT molecular complexity index is 1100. The van der Waals surface area contributed by atoms with Crippen LogP contribution >= 0.6 is 0 Å². The predicted octanol–water partition coefficient (Wildman–Crippen LogP) is 2.18. The smallest absolute Gasteiger partial charge is 0.254 e. The second-order valence-electron chi connectivity index (χ2n) is 9.32. The van der Waals surface area contributed by atoms with E-state index in [0.717, 1.165) is 31.6 Å². The van der Waals surface area contributed by atoms with Crippen LogP contribution in [0.5, 0.6) is 0 Å². The third kappa shape index (κ3) is 5.30. The molecule has 2 saturated heterocycles. The molecule has 2 aromatic carbocycles. The summed E-state index contributed by atoms with van der Waals surface area (Å²) in [5.74, 6) is -0.492. The molecule has 1 saturated carbocycles. The first-order valence-electron chi connectivity index (χ1n) is 12.2. The number of rotatable bonds is 5. The van der Waals surface area contributed by atoms with Crippen LogP contribution in [0.4, 0.5) is 15.8 Å². The molecule has 0 unspecified atom stereocenters. The van der Waals surface area contributed by atoms with Gasteiger partial charge in [-0.25, -0.2) is 4.39 Å². The SMILES string of the molecule is O=C(Nc1cc(C(=O)N2CCNCC2)ccc1N1CCN(C(=O)c2ccc(F)cc2)CC1)C1CC1. The number of hydrogen-bond acceptors (Lipinski definition) is 5. The average Bonchev–Trinajstić information content (AvgIpc) is 3.75. The number of nitrogens with zero attached hydrogens (tertiary/aromatic N) is 3. The number of hydrogen-bond donors (Lipinski definition) is 2. The molecule has 184 valence electrons. The van der Waals surface area contributed by atoms with Gasteiger partial charge in [0, 0.05) is 69.4 Å². The molecule has 35 heavy (non-hydrogen) atoms. The molecule has 8 nitrogen and oxygen atoms in total. The van der Waals surface area contributed by atoms with Crippen molar-refractivity contribution in [3.05, 3.63) is 59.4 Å². The van der Waals surface area contributed by atoms with Crippen LogP contribution in [0.15, 0.2) is 42.5 Å². The number of halogens is 1. The van der Waals surface area contributed by atoms with Gasteiger partial charge in [-0.15, -0.1) is 0 Å². The lowest BCUT2D eigenvalue weighted by molar-refractivity contribution is -0.117. The Labute approximate surface area is 204 Å². The molecule has 3 amide bonds. The number of nitrogens with one attached hydrogen (secondary N) is 2. The molecule has 2 heterocycles. The van der Waals surface area contributed by atoms with Gasteiger partial charge >= 0.3 is 0 Å². The summed E-state index contributed by atoms with van der Waals surface area (Å²) in [6.07, 6.45) is 1.79. The van der Waals surface area contributed by atoms with Gasteiger partial charge in [0.05, 0.1) is 11.4 Å². The molecule has 3 aliphatic rings. The molecule has 0 radical (unpaired) electrons. The number of carbonyl (C=O) groups excluding carboxylic acids is 3. The van der Waals surface area contributed by atoms with Crippen molar-refractivity contribution in [2.45, 2.75) is 12.8 Å². The van der Waals surface area contributed by atoms with Crippen molar-refractivity contribution in [2.75, 3.05) is 62.6 Å². The van der Waals surface area contributed by atoms with E-state index in [0.29, 0.717) is 56.1 Å². The van der Waals surface area contributed by atoms with Gasteiger partial charge in [-0.05, 0) is 55.3 Å². The van der Waals surface area contributed by atoms with E-state index < -0.39 is 0 Å². The lowest BCUT2D eigenvalue weighted by atomic mass is 10.1. The number of anilines is 2. The number of piperazine rings is 2. The van der Waals surface area contributed by atoms with Crippen LogP contribution in [0.2, 0.25) is 0 Å². The van der Waals surface area contributed by atoms with Gasteiger partial charge in [0.2, 0.25) is 5.91 Å². The molecular weight excluding hydrogens is 449 g/mol. The lowest BCUT2D eigenvalue weighted by Crippen LogP contribution is -2.49. The highest BCUT2D eigenvalue weighted by Gasteiger charge is 2.31. The van der Waals surface area contributed by atoms with E-state index in [2.05, 4.69) is 15.5 Å². The van der Waals surface area contributed by atoms with Gasteiger partial charge in [0.25, 0.3) is 11.8 Å². The predicted molar refractivity (Wildman–Crippen MR) is 131 cm³/mol. The molecule has 2 N–H and O–H groups in total. The summed E-state index contributed by atoms with van der Waals surface area (Å²) in [7, 11) is 0. The van der Waals surface area contributed by atoms with Crippen molar-refractivity contribution in [3.63, 3.8) is 0 Å². The minimum absolute atomic E-state index is 0.0110. The summed E-state index contributed by atoms with van der Waals surface area (Å²) in [6, 6.07) is 11.1. The first kappa shape index (κ1) is 23.3. The topological polar surface area (TPSA) is 85.0 Å². The zero-order valence-corrected chi connectivity index (χ0v) is 19.6. The maximum atomic E-state index is 13.2. The first-order chi connectivity index (χ1) is 17.0. The Hall–Kier alpha value is -3.46. The molecule has 3 fully saturated rings. The maximum absolute atomic E-state index is 13.2. The first-order valence-corrected chi connectivity index (χ1v) is 12.2. The minimum atomic E-state index is -0.369. The molecule has 9 heteroatoms. The second kappa shape index (κ2) is 10.0. The largest absolute Gasteiger partial charge is 0.366 e. The van der Waals surface area contributed by atoms with Gasteiger partial charge in [-0.3, -0.25) is 14.4 Å². The average molecular weight is 480 g/mol. The van der Waals surface area contributed by atoms with Crippen LogP contribution in [0.1, 0.15) is 33.6 Å². The molecule has 2 aliphatic heterocycles. The van der Waals surface area contributed by atoms with E-state index in [-0.39, 0.29) is 29.5 Å². The lowest BCUT2D eigenvalue weighted by Gasteiger charge is -2.37. The Morgan fingerprint density at radius 2 is 1.40 bits per heavy atom. The fourth-order valence-corrected chi connectivity index (χ4v) is 4.60. The van der Waals surface area contributed by atoms with Gasteiger partial charge in [0.15, 0.2) is 0 Å². The van der Waals surface area contributed by atoms with Crippen molar-refractivity contribution < 1.29 is 18.8 Å². The highest BCUT2D eigenvalue weighted by molar-refractivity contribution is 6.01. The van der Waals surface area contributed by atoms with Crippen LogP contribution in [0, 0.1) is 11.7 Å². The summed E-state index contributed by atoms with van der Waals surface area (Å²) in [6.45, 7) is 5.06. The van der Waals surface area contributed by atoms with Crippen LogP contribution < -0.4 is 15.5 Å². The normalized spacial score (nSPS) is 18.4. The molecule has 5 rings (SSSR count). The number of amides is 3. The zero-order valence-electron chi connectivity index (χ0n) is 19.6. The fourth-order valence-electron chi connectivity index (χ4n) is 4.60. The summed E-state index contributed by atoms with van der Waals surface area (Å²) in [5.41, 5.74) is 2.52. The number of benzene rings is 2. The van der Waals surface area contributed by atoms with Crippen molar-refractivity contribution >= 4 is 29.1 Å². The third-order valence-corrected chi connectivity index (χ3v) is 6.85. The van der Waals surface area contributed by atoms with Gasteiger partial charge in [-0.2, -0.15) is 0 Å². The van der Waals surface area contributed by atoms with E-state index in [1.165, 1.54) is 24.3 Å². The van der Waals surface area contributed by atoms with Crippen molar-refractivity contribution in [3.8, 4) is 0 Å². The van der Waals surface area contributed by atoms with E-state index in [1.54, 1.807) is 11.0 Å². The van der Waals surface area contributed by atoms with Gasteiger partial charge in [0.1, 0.15) is 5.82 Å². The fraction of sp³-hybridized carbons (Fsp3) is 0.423. The molecule has 2 aromatic rings. The van der Waals surface area contributed by atoms with E-state index in [4.69, 9.17) is 0 Å². The van der Waals surface area contributed by atoms with Crippen molar-refractivity contribution in [1.82, 2.24) is 15.1 Å². The summed E-state index contributed by atoms with van der Waals surface area (Å²) in [5, 5.41) is 6.31. The van der Waals surface area contributed by atoms with Crippen LogP contribution in [-0.2, 0) is 4.79 Å². The quantitative estimate of drug-likeness (QED) is 0.687. The second-order valence-corrected chi connectivity index (χ2v) is 9.32. The molecule has 0 spiro atoms. The molecule has 1 aliphatic carbocycles. The molecular formula is C26H30FN5O3. The molecule has 0 bridgehead atoms. The zero-order chi connectivity index (χ0) is 24.4. The van der Waals surface area contributed by atoms with E-state index in [1.807, 2.05) is 17.0 Å². The van der Waals surface area contributed by atoms with Crippen LogP contribution in [-0.4, -0.2) is 79.9 Å². The Morgan fingerprint density at radius 1 is 0.800 bits per heavy atom. The summed E-state index contributed by atoms with van der Waals surface area (Å²) < 4.78 is 13.2. The monoisotopic (exact) mass is 479 g/mol. The third-order valence-electron chi connectivity index (χ3n) is 6.85. The van der Waals surface area contributed by atoms with Crippen molar-refractivity contribution in [2.24, 2.45) is 5.92 Å². The van der Waals surface area contributed by atoms with Gasteiger partial charge in [-0.1, -0.05) is 0 Å². The van der Waals surface area contributed by atoms with Crippen LogP contribution in [0.25, 0.3) is 0 Å². The Balaban J connectivity index is 1.31. The standard InChI is InChI=1S/C26H30FN5O3/c27-21-6-3-19(4-7-21)25(34)32-15-13-30(14-16-32)23-8-5-20(26(35)31-11-9-28-10-12-31)17-22(23)29-24(33)18-1-2-18/h3-8,17-18,28H,1-2,9-16H2,(H,29,33). The van der Waals surface area contributed by atoms with E-state index >= 15 is 0 Å². The highest BCUT2D eigenvalue weighted by Crippen LogP contribution is 2.34. The van der Waals surface area contributed by atoms with E-state index in [9.17, 15) is 18.8 Å². The minimum Gasteiger partial charge on any atom is -0.366 e. The summed E-state index contributed by atoms with van der Waals surface area (Å²) >= 11 is 0.